The molecular formula is C11H19NO. The van der Waals surface area contributed by atoms with Gasteiger partial charge in [-0.2, -0.15) is 0 Å². The van der Waals surface area contributed by atoms with Crippen LogP contribution in [0.5, 0.6) is 0 Å². The Balaban J connectivity index is 4.67. The lowest BCUT2D eigenvalue weighted by atomic mass is 9.86. The van der Waals surface area contributed by atoms with Gasteiger partial charge in [-0.25, -0.2) is 0 Å². The number of hydrogen-bond acceptors (Lipinski definition) is 1. The molecule has 0 spiro atoms. The van der Waals surface area contributed by atoms with Gasteiger partial charge in [0.2, 0.25) is 5.91 Å². The van der Waals surface area contributed by atoms with Crippen LogP contribution in [0, 0.1) is 0 Å². The molecule has 0 heterocycles. The van der Waals surface area contributed by atoms with E-state index in [1.165, 1.54) is 6.08 Å². The van der Waals surface area contributed by atoms with Crippen molar-refractivity contribution in [3.05, 3.63) is 24.8 Å². The van der Waals surface area contributed by atoms with Crippen LogP contribution in [0.4, 0.5) is 0 Å². The molecule has 2 nitrogen and oxygen atoms in total. The van der Waals surface area contributed by atoms with Crippen molar-refractivity contribution in [1.29, 1.82) is 0 Å². The first-order valence-electron chi connectivity index (χ1n) is 4.63. The van der Waals surface area contributed by atoms with Crippen LogP contribution < -0.4 is 5.32 Å². The van der Waals surface area contributed by atoms with E-state index in [-0.39, 0.29) is 11.4 Å². The van der Waals surface area contributed by atoms with E-state index in [4.69, 9.17) is 0 Å². The third-order valence-electron chi connectivity index (χ3n) is 2.57. The molecule has 0 fully saturated rings. The zero-order chi connectivity index (χ0) is 10.5. The topological polar surface area (TPSA) is 29.1 Å². The predicted octanol–water partition coefficient (Wildman–Crippen LogP) is 2.42. The second-order valence-electron chi connectivity index (χ2n) is 3.26. The summed E-state index contributed by atoms with van der Waals surface area (Å²) in [6.07, 6.45) is 3.01. The van der Waals surface area contributed by atoms with Crippen LogP contribution in [0.15, 0.2) is 24.8 Å². The highest BCUT2D eigenvalue weighted by Gasteiger charge is 2.27. The molecule has 0 aromatic rings. The minimum Gasteiger partial charge on any atom is -0.343 e. The third-order valence-corrected chi connectivity index (χ3v) is 2.57. The molecule has 0 aromatic heterocycles. The first-order chi connectivity index (χ1) is 6.02. The summed E-state index contributed by atoms with van der Waals surface area (Å²) in [4.78, 5) is 11.2. The average Bonchev–Trinajstić information content (AvgIpc) is 2.13. The van der Waals surface area contributed by atoms with Crippen molar-refractivity contribution in [2.24, 2.45) is 0 Å². The Morgan fingerprint density at radius 2 is 1.92 bits per heavy atom. The van der Waals surface area contributed by atoms with Crippen molar-refractivity contribution in [1.82, 2.24) is 5.32 Å². The van der Waals surface area contributed by atoms with Gasteiger partial charge in [0.15, 0.2) is 0 Å². The summed E-state index contributed by atoms with van der Waals surface area (Å²) >= 11 is 0. The molecule has 2 heteroatoms. The Kier molecular flexibility index (Phi) is 4.46. The summed E-state index contributed by atoms with van der Waals surface area (Å²) in [6.45, 7) is 13.4. The van der Waals surface area contributed by atoms with E-state index in [2.05, 4.69) is 18.5 Å². The van der Waals surface area contributed by atoms with Gasteiger partial charge in [-0.15, -0.1) is 0 Å². The van der Waals surface area contributed by atoms with Crippen molar-refractivity contribution < 1.29 is 4.79 Å². The summed E-state index contributed by atoms with van der Waals surface area (Å²) in [6, 6.07) is 0. The maximum absolute atomic E-state index is 11.2. The highest BCUT2D eigenvalue weighted by atomic mass is 16.1. The average molecular weight is 181 g/mol. The molecule has 0 aliphatic carbocycles. The van der Waals surface area contributed by atoms with Crippen molar-refractivity contribution in [2.75, 3.05) is 0 Å². The van der Waals surface area contributed by atoms with Crippen molar-refractivity contribution in [3.8, 4) is 0 Å². The molecule has 13 heavy (non-hydrogen) atoms. The van der Waals surface area contributed by atoms with Gasteiger partial charge in [0.05, 0.1) is 5.54 Å². The Hall–Kier alpha value is -1.05. The highest BCUT2D eigenvalue weighted by Crippen LogP contribution is 2.23. The normalized spacial score (nSPS) is 10.7. The van der Waals surface area contributed by atoms with Gasteiger partial charge in [-0.3, -0.25) is 4.79 Å². The number of hydrogen-bond donors (Lipinski definition) is 1. The Labute approximate surface area is 80.7 Å². The Morgan fingerprint density at radius 1 is 1.46 bits per heavy atom. The monoisotopic (exact) mass is 181 g/mol. The summed E-state index contributed by atoms with van der Waals surface area (Å²) < 4.78 is 0. The largest absolute Gasteiger partial charge is 0.343 e. The zero-order valence-corrected chi connectivity index (χ0v) is 8.81. The molecule has 1 N–H and O–H groups in total. The molecule has 0 aliphatic rings. The van der Waals surface area contributed by atoms with Crippen LogP contribution in [-0.2, 0) is 4.79 Å². The molecular weight excluding hydrogens is 162 g/mol. The van der Waals surface area contributed by atoms with E-state index < -0.39 is 0 Å². The molecule has 74 valence electrons. The molecule has 0 saturated carbocycles. The number of nitrogens with one attached hydrogen (secondary N) is 1. The van der Waals surface area contributed by atoms with E-state index in [1.54, 1.807) is 0 Å². The molecule has 0 aliphatic heterocycles. The van der Waals surface area contributed by atoms with Crippen molar-refractivity contribution in [3.63, 3.8) is 0 Å². The lowest BCUT2D eigenvalue weighted by Crippen LogP contribution is -2.47. The Bertz CT molecular complexity index is 214. The first kappa shape index (κ1) is 11.9. The SMILES string of the molecule is C=CC(=O)NC(CC)(CC)C(=C)C. The van der Waals surface area contributed by atoms with Gasteiger partial charge in [0, 0.05) is 0 Å². The number of amides is 1. The van der Waals surface area contributed by atoms with Gasteiger partial charge in [-0.1, -0.05) is 32.6 Å². The van der Waals surface area contributed by atoms with E-state index in [9.17, 15) is 4.79 Å². The molecule has 0 saturated heterocycles. The summed E-state index contributed by atoms with van der Waals surface area (Å²) in [5.74, 6) is -0.133. The lowest BCUT2D eigenvalue weighted by molar-refractivity contribution is -0.118. The van der Waals surface area contributed by atoms with Crippen LogP contribution >= 0.6 is 0 Å². The summed E-state index contributed by atoms with van der Waals surface area (Å²) in [5.41, 5.74) is 0.735. The first-order valence-corrected chi connectivity index (χ1v) is 4.63. The van der Waals surface area contributed by atoms with Gasteiger partial charge in [0.25, 0.3) is 0 Å². The van der Waals surface area contributed by atoms with Gasteiger partial charge >= 0.3 is 0 Å². The van der Waals surface area contributed by atoms with Gasteiger partial charge < -0.3 is 5.32 Å². The predicted molar refractivity (Wildman–Crippen MR) is 56.5 cm³/mol. The summed E-state index contributed by atoms with van der Waals surface area (Å²) in [7, 11) is 0. The fourth-order valence-corrected chi connectivity index (χ4v) is 1.42. The highest BCUT2D eigenvalue weighted by molar-refractivity contribution is 5.87. The minimum atomic E-state index is -0.259. The molecule has 1 amide bonds. The molecule has 0 atom stereocenters. The third kappa shape index (κ3) is 2.72. The second-order valence-corrected chi connectivity index (χ2v) is 3.26. The van der Waals surface area contributed by atoms with Crippen molar-refractivity contribution >= 4 is 5.91 Å². The molecule has 0 unspecified atom stereocenters. The minimum absolute atomic E-state index is 0.133. The van der Waals surface area contributed by atoms with Crippen LogP contribution in [-0.4, -0.2) is 11.4 Å². The smallest absolute Gasteiger partial charge is 0.244 e. The van der Waals surface area contributed by atoms with Crippen molar-refractivity contribution in [2.45, 2.75) is 39.2 Å². The molecule has 0 rings (SSSR count). The van der Waals surface area contributed by atoms with E-state index >= 15 is 0 Å². The van der Waals surface area contributed by atoms with Crippen LogP contribution in [0.25, 0.3) is 0 Å². The van der Waals surface area contributed by atoms with E-state index in [0.29, 0.717) is 0 Å². The van der Waals surface area contributed by atoms with Crippen LogP contribution in [0.2, 0.25) is 0 Å². The maximum atomic E-state index is 11.2. The van der Waals surface area contributed by atoms with Gasteiger partial charge in [-0.05, 0) is 25.8 Å². The fourth-order valence-electron chi connectivity index (χ4n) is 1.42. The number of rotatable bonds is 5. The molecule has 0 radical (unpaired) electrons. The number of carbonyl (C=O) groups excluding carboxylic acids is 1. The van der Waals surface area contributed by atoms with Crippen LogP contribution in [0.3, 0.4) is 0 Å². The Morgan fingerprint density at radius 3 is 2.15 bits per heavy atom. The lowest BCUT2D eigenvalue weighted by Gasteiger charge is -2.33. The standard InChI is InChI=1S/C11H19NO/c1-6-10(13)12-11(7-2,8-3)9(4)5/h6H,1,4,7-8H2,2-3,5H3,(H,12,13). The fraction of sp³-hybridized carbons (Fsp3) is 0.545. The van der Waals surface area contributed by atoms with E-state index in [0.717, 1.165) is 18.4 Å². The summed E-state index contributed by atoms with van der Waals surface area (Å²) in [5, 5.41) is 2.92. The maximum Gasteiger partial charge on any atom is 0.244 e. The quantitative estimate of drug-likeness (QED) is 0.512. The second kappa shape index (κ2) is 4.85. The van der Waals surface area contributed by atoms with E-state index in [1.807, 2.05) is 20.8 Å². The number of carbonyl (C=O) groups is 1. The molecule has 0 bridgehead atoms. The van der Waals surface area contributed by atoms with Crippen LogP contribution in [0.1, 0.15) is 33.6 Å². The zero-order valence-electron chi connectivity index (χ0n) is 8.81. The molecule has 0 aromatic carbocycles. The van der Waals surface area contributed by atoms with Gasteiger partial charge in [0.1, 0.15) is 0 Å².